The number of aliphatic hydroxyl groups excluding tert-OH is 1. The van der Waals surface area contributed by atoms with Crippen LogP contribution in [0.4, 0.5) is 0 Å². The first-order valence-electron chi connectivity index (χ1n) is 26.7. The fraction of sp³-hybridized carbons (Fsp3) is 0.906. The van der Waals surface area contributed by atoms with Crippen molar-refractivity contribution in [2.45, 2.75) is 270 Å². The summed E-state index contributed by atoms with van der Waals surface area (Å²) in [6, 6.07) is -0.899. The van der Waals surface area contributed by atoms with Crippen LogP contribution in [0.3, 0.4) is 0 Å². The van der Waals surface area contributed by atoms with Gasteiger partial charge in [-0.1, -0.05) is 244 Å². The molecule has 0 spiro atoms. The highest BCUT2D eigenvalue weighted by Crippen LogP contribution is 2.38. The Morgan fingerprint density at radius 1 is 0.548 bits per heavy atom. The molecule has 0 aliphatic heterocycles. The molecule has 0 aromatic carbocycles. The van der Waals surface area contributed by atoms with Crippen LogP contribution in [-0.4, -0.2) is 68.5 Å². The molecule has 0 aromatic rings. The number of nitrogens with zero attached hydrogens (tertiary/aromatic N) is 1. The highest BCUT2D eigenvalue weighted by atomic mass is 31.2. The lowest BCUT2D eigenvalue weighted by atomic mass is 10.0. The van der Waals surface area contributed by atoms with Crippen molar-refractivity contribution in [2.24, 2.45) is 0 Å². The number of nitrogens with one attached hydrogen (secondary N) is 1. The zero-order valence-electron chi connectivity index (χ0n) is 41.8. The molecule has 0 aliphatic rings. The predicted octanol–water partition coefficient (Wildman–Crippen LogP) is 15.0. The average molecular weight is 897 g/mol. The molecular weight excluding hydrogens is 792 g/mol. The van der Waals surface area contributed by atoms with Crippen molar-refractivity contribution < 1.29 is 32.9 Å². The van der Waals surface area contributed by atoms with Crippen LogP contribution in [0, 0.1) is 0 Å². The van der Waals surface area contributed by atoms with Crippen LogP contribution in [0.5, 0.6) is 0 Å². The van der Waals surface area contributed by atoms with E-state index in [1.165, 1.54) is 199 Å². The monoisotopic (exact) mass is 897 g/mol. The molecule has 0 heterocycles. The number of unbranched alkanes of at least 4 members (excludes halogenated alkanes) is 34. The van der Waals surface area contributed by atoms with Crippen molar-refractivity contribution in [1.82, 2.24) is 5.32 Å². The van der Waals surface area contributed by atoms with Crippen molar-refractivity contribution in [3.63, 3.8) is 0 Å². The van der Waals surface area contributed by atoms with E-state index in [1.807, 2.05) is 27.2 Å². The number of phosphoric ester groups is 1. The quantitative estimate of drug-likeness (QED) is 0.0273. The Morgan fingerprint density at radius 3 is 1.31 bits per heavy atom. The highest BCUT2D eigenvalue weighted by Gasteiger charge is 2.23. The van der Waals surface area contributed by atoms with Crippen LogP contribution >= 0.6 is 7.82 Å². The second kappa shape index (κ2) is 45.1. The second-order valence-electron chi connectivity index (χ2n) is 19.6. The fourth-order valence-electron chi connectivity index (χ4n) is 7.94. The minimum Gasteiger partial charge on any atom is -0.756 e. The van der Waals surface area contributed by atoms with E-state index in [4.69, 9.17) is 9.05 Å². The van der Waals surface area contributed by atoms with Crippen LogP contribution < -0.4 is 10.2 Å². The summed E-state index contributed by atoms with van der Waals surface area (Å²) in [5.41, 5.74) is 0. The Labute approximate surface area is 385 Å². The van der Waals surface area contributed by atoms with E-state index in [1.54, 1.807) is 6.08 Å². The van der Waals surface area contributed by atoms with Gasteiger partial charge >= 0.3 is 0 Å². The topological polar surface area (TPSA) is 108 Å². The van der Waals surface area contributed by atoms with Gasteiger partial charge in [-0.05, 0) is 32.1 Å². The van der Waals surface area contributed by atoms with E-state index in [0.29, 0.717) is 17.4 Å². The van der Waals surface area contributed by atoms with Gasteiger partial charge in [0.15, 0.2) is 0 Å². The zero-order chi connectivity index (χ0) is 45.7. The number of carbonyl (C=O) groups is 1. The first-order chi connectivity index (χ1) is 30.0. The number of likely N-dealkylation sites (N-methyl/N-ethyl adjacent to an activating group) is 1. The average Bonchev–Trinajstić information content (AvgIpc) is 3.23. The lowest BCUT2D eigenvalue weighted by Gasteiger charge is -2.29. The Hall–Kier alpha value is -1.02. The second-order valence-corrected chi connectivity index (χ2v) is 21.0. The molecule has 0 saturated carbocycles. The lowest BCUT2D eigenvalue weighted by molar-refractivity contribution is -0.870. The maximum Gasteiger partial charge on any atom is 0.268 e. The fourth-order valence-corrected chi connectivity index (χ4v) is 8.66. The summed E-state index contributed by atoms with van der Waals surface area (Å²) < 4.78 is 23.3. The molecule has 62 heavy (non-hydrogen) atoms. The summed E-state index contributed by atoms with van der Waals surface area (Å²) in [5, 5.41) is 13.8. The number of carbonyl (C=O) groups excluding carboxylic acids is 1. The van der Waals surface area contributed by atoms with Gasteiger partial charge in [-0.3, -0.25) is 9.36 Å². The molecule has 0 radical (unpaired) electrons. The van der Waals surface area contributed by atoms with Gasteiger partial charge in [-0.15, -0.1) is 0 Å². The molecule has 0 rings (SSSR count). The molecule has 1 amide bonds. The molecule has 2 N–H and O–H groups in total. The number of phosphoric acid groups is 1. The first-order valence-corrected chi connectivity index (χ1v) is 28.2. The van der Waals surface area contributed by atoms with Crippen molar-refractivity contribution in [3.8, 4) is 0 Å². The van der Waals surface area contributed by atoms with E-state index in [-0.39, 0.29) is 19.1 Å². The Morgan fingerprint density at radius 2 is 0.903 bits per heavy atom. The van der Waals surface area contributed by atoms with Gasteiger partial charge in [0.25, 0.3) is 7.82 Å². The van der Waals surface area contributed by atoms with Gasteiger partial charge < -0.3 is 28.8 Å². The van der Waals surface area contributed by atoms with Crippen molar-refractivity contribution in [2.75, 3.05) is 40.9 Å². The van der Waals surface area contributed by atoms with Crippen molar-refractivity contribution >= 4 is 13.7 Å². The van der Waals surface area contributed by atoms with Crippen molar-refractivity contribution in [1.29, 1.82) is 0 Å². The summed E-state index contributed by atoms with van der Waals surface area (Å²) in [7, 11) is 1.25. The van der Waals surface area contributed by atoms with Gasteiger partial charge in [0.05, 0.1) is 39.9 Å². The molecular formula is C53H105N2O6P. The molecule has 8 nitrogen and oxygen atoms in total. The molecule has 0 fully saturated rings. The summed E-state index contributed by atoms with van der Waals surface area (Å²) in [6.45, 7) is 4.65. The smallest absolute Gasteiger partial charge is 0.268 e. The Bertz CT molecular complexity index is 1060. The number of aliphatic hydroxyl groups is 1. The minimum atomic E-state index is -4.60. The van der Waals surface area contributed by atoms with E-state index in [0.717, 1.165) is 38.5 Å². The summed E-state index contributed by atoms with van der Waals surface area (Å²) >= 11 is 0. The molecule has 9 heteroatoms. The van der Waals surface area contributed by atoms with Crippen LogP contribution in [0.25, 0.3) is 0 Å². The van der Waals surface area contributed by atoms with Gasteiger partial charge in [-0.2, -0.15) is 0 Å². The van der Waals surface area contributed by atoms with Crippen molar-refractivity contribution in [3.05, 3.63) is 24.3 Å². The largest absolute Gasteiger partial charge is 0.756 e. The third-order valence-electron chi connectivity index (χ3n) is 12.2. The van der Waals surface area contributed by atoms with Gasteiger partial charge in [0, 0.05) is 6.42 Å². The van der Waals surface area contributed by atoms with Gasteiger partial charge in [-0.25, -0.2) is 0 Å². The van der Waals surface area contributed by atoms with E-state index in [9.17, 15) is 19.4 Å². The standard InChI is InChI=1S/C53H105N2O6P/c1-6-8-10-12-14-16-18-20-22-23-24-25-26-27-28-29-30-31-32-33-35-37-39-41-43-45-47-53(57)54-51(50-61-62(58,59)60-49-48-55(3,4)5)52(56)46-44-42-40-38-36-34-21-19-17-15-13-11-9-7-2/h36,38,44,46,51-52,56H,6-35,37,39-43,45,47-50H2,1-5H3,(H-,54,57,58,59)/b38-36+,46-44+. The lowest BCUT2D eigenvalue weighted by Crippen LogP contribution is -2.45. The predicted molar refractivity (Wildman–Crippen MR) is 265 cm³/mol. The molecule has 368 valence electrons. The summed E-state index contributed by atoms with van der Waals surface area (Å²) in [4.78, 5) is 25.4. The third kappa shape index (κ3) is 47.0. The maximum atomic E-state index is 12.9. The Kier molecular flexibility index (Phi) is 44.4. The molecule has 0 aliphatic carbocycles. The van der Waals surface area contributed by atoms with E-state index < -0.39 is 20.0 Å². The minimum absolute atomic E-state index is 0.00403. The molecule has 3 atom stereocenters. The zero-order valence-corrected chi connectivity index (χ0v) is 42.7. The number of allylic oxidation sites excluding steroid dienone is 3. The van der Waals surface area contributed by atoms with E-state index in [2.05, 4.69) is 31.3 Å². The molecule has 0 saturated heterocycles. The number of rotatable bonds is 49. The number of quaternary nitrogens is 1. The first kappa shape index (κ1) is 61.0. The van der Waals surface area contributed by atoms with Gasteiger partial charge in [0.1, 0.15) is 13.2 Å². The molecule has 3 unspecified atom stereocenters. The van der Waals surface area contributed by atoms with Gasteiger partial charge in [0.2, 0.25) is 5.91 Å². The summed E-state index contributed by atoms with van der Waals surface area (Å²) in [6.07, 6.45) is 55.4. The normalized spacial score (nSPS) is 14.2. The number of hydrogen-bond acceptors (Lipinski definition) is 6. The molecule has 0 aromatic heterocycles. The third-order valence-corrected chi connectivity index (χ3v) is 13.1. The highest BCUT2D eigenvalue weighted by molar-refractivity contribution is 7.45. The number of hydrogen-bond donors (Lipinski definition) is 2. The summed E-state index contributed by atoms with van der Waals surface area (Å²) in [5.74, 6) is -0.203. The SMILES string of the molecule is CCCCCCCCCC/C=C/CC/C=C/C(O)C(COP(=O)([O-])OCC[N+](C)(C)C)NC(=O)CCCCCCCCCCCCCCCCCCCCCCCCCCCC. The number of amides is 1. The maximum absolute atomic E-state index is 12.9. The Balaban J connectivity index is 4.16. The molecule has 0 bridgehead atoms. The van der Waals surface area contributed by atoms with E-state index >= 15 is 0 Å². The van der Waals surface area contributed by atoms with Crippen LogP contribution in [0.2, 0.25) is 0 Å². The van der Waals surface area contributed by atoms with Crippen LogP contribution in [-0.2, 0) is 18.4 Å². The van der Waals surface area contributed by atoms with Crippen LogP contribution in [0.15, 0.2) is 24.3 Å². The van der Waals surface area contributed by atoms with Crippen LogP contribution in [0.1, 0.15) is 258 Å².